The monoisotopic (exact) mass is 424 g/mol. The van der Waals surface area contributed by atoms with Crippen LogP contribution in [0.4, 0.5) is 10.5 Å². The van der Waals surface area contributed by atoms with Crippen molar-refractivity contribution in [2.75, 3.05) is 18.4 Å². The smallest absolute Gasteiger partial charge is 0.410 e. The van der Waals surface area contributed by atoms with Crippen LogP contribution in [0.25, 0.3) is 0 Å². The van der Waals surface area contributed by atoms with Gasteiger partial charge in [-0.1, -0.05) is 26.0 Å². The molecule has 1 N–H and O–H groups in total. The second-order valence-corrected chi connectivity index (χ2v) is 8.40. The molecule has 1 fully saturated rings. The van der Waals surface area contributed by atoms with Crippen molar-refractivity contribution in [3.05, 3.63) is 29.8 Å². The Morgan fingerprint density at radius 2 is 1.72 bits per heavy atom. The SMILES string of the molecule is CCC(=O)Cl.CCC(=O)Nc1cccc(C2CCN(C(=O)OC(C)(C)C)CC2)c1. The lowest BCUT2D eigenvalue weighted by molar-refractivity contribution is -0.116. The maximum absolute atomic E-state index is 12.1. The molecular weight excluding hydrogens is 392 g/mol. The summed E-state index contributed by atoms with van der Waals surface area (Å²) in [5.74, 6) is 0.425. The van der Waals surface area contributed by atoms with Crippen molar-refractivity contribution in [1.82, 2.24) is 4.90 Å². The number of piperidine rings is 1. The van der Waals surface area contributed by atoms with E-state index >= 15 is 0 Å². The number of amides is 2. The summed E-state index contributed by atoms with van der Waals surface area (Å²) >= 11 is 4.82. The van der Waals surface area contributed by atoms with Crippen molar-refractivity contribution in [3.8, 4) is 0 Å². The first-order valence-corrected chi connectivity index (χ1v) is 10.5. The fourth-order valence-electron chi connectivity index (χ4n) is 2.84. The number of halogens is 1. The van der Waals surface area contributed by atoms with Crippen LogP contribution >= 0.6 is 11.6 Å². The van der Waals surface area contributed by atoms with Gasteiger partial charge < -0.3 is 15.0 Å². The third-order valence-corrected chi connectivity index (χ3v) is 4.65. The number of nitrogens with zero attached hydrogens (tertiary/aromatic N) is 1. The quantitative estimate of drug-likeness (QED) is 0.664. The number of hydrogen-bond donors (Lipinski definition) is 1. The van der Waals surface area contributed by atoms with Gasteiger partial charge in [-0.25, -0.2) is 4.79 Å². The highest BCUT2D eigenvalue weighted by atomic mass is 35.5. The molecule has 1 saturated heterocycles. The zero-order valence-corrected chi connectivity index (χ0v) is 18.8. The number of carbonyl (C=O) groups is 3. The predicted molar refractivity (Wildman–Crippen MR) is 116 cm³/mol. The summed E-state index contributed by atoms with van der Waals surface area (Å²) in [5, 5.41) is 2.63. The van der Waals surface area contributed by atoms with E-state index in [1.54, 1.807) is 11.8 Å². The van der Waals surface area contributed by atoms with Gasteiger partial charge in [0.2, 0.25) is 11.1 Å². The topological polar surface area (TPSA) is 75.7 Å². The molecule has 0 saturated carbocycles. The molecule has 2 rings (SSSR count). The summed E-state index contributed by atoms with van der Waals surface area (Å²) in [6.07, 6.45) is 2.49. The fourth-order valence-corrected chi connectivity index (χ4v) is 2.84. The molecule has 1 aromatic rings. The minimum absolute atomic E-state index is 0.0203. The van der Waals surface area contributed by atoms with E-state index in [1.807, 2.05) is 45.9 Å². The van der Waals surface area contributed by atoms with E-state index in [0.717, 1.165) is 18.5 Å². The molecule has 0 radical (unpaired) electrons. The van der Waals surface area contributed by atoms with Crippen LogP contribution < -0.4 is 5.32 Å². The highest BCUT2D eigenvalue weighted by Gasteiger charge is 2.27. The lowest BCUT2D eigenvalue weighted by atomic mass is 9.89. The van der Waals surface area contributed by atoms with Gasteiger partial charge in [0.25, 0.3) is 0 Å². The van der Waals surface area contributed by atoms with Crippen LogP contribution in [-0.2, 0) is 14.3 Å². The number of benzene rings is 1. The molecule has 6 nitrogen and oxygen atoms in total. The zero-order valence-electron chi connectivity index (χ0n) is 18.1. The van der Waals surface area contributed by atoms with Crippen molar-refractivity contribution in [2.45, 2.75) is 71.8 Å². The molecule has 162 valence electrons. The highest BCUT2D eigenvalue weighted by molar-refractivity contribution is 6.63. The number of carbonyl (C=O) groups excluding carboxylic acids is 3. The Bertz CT molecular complexity index is 692. The van der Waals surface area contributed by atoms with Gasteiger partial charge in [0.05, 0.1) is 0 Å². The van der Waals surface area contributed by atoms with Crippen molar-refractivity contribution >= 4 is 34.5 Å². The van der Waals surface area contributed by atoms with Gasteiger partial charge in [-0.05, 0) is 68.8 Å². The number of anilines is 1. The number of hydrogen-bond acceptors (Lipinski definition) is 4. The van der Waals surface area contributed by atoms with Gasteiger partial charge in [-0.2, -0.15) is 0 Å². The van der Waals surface area contributed by atoms with Crippen LogP contribution in [0, 0.1) is 0 Å². The van der Waals surface area contributed by atoms with Crippen LogP contribution in [0.3, 0.4) is 0 Å². The largest absolute Gasteiger partial charge is 0.444 e. The molecule has 0 aliphatic carbocycles. The fraction of sp³-hybridized carbons (Fsp3) is 0.591. The molecule has 1 aromatic carbocycles. The van der Waals surface area contributed by atoms with E-state index in [9.17, 15) is 14.4 Å². The molecule has 0 spiro atoms. The van der Waals surface area contributed by atoms with Crippen LogP contribution in [0.5, 0.6) is 0 Å². The van der Waals surface area contributed by atoms with Gasteiger partial charge in [-0.3, -0.25) is 9.59 Å². The third-order valence-electron chi connectivity index (χ3n) is 4.39. The van der Waals surface area contributed by atoms with E-state index in [4.69, 9.17) is 16.3 Å². The lowest BCUT2D eigenvalue weighted by Crippen LogP contribution is -2.41. The third kappa shape index (κ3) is 9.79. The lowest BCUT2D eigenvalue weighted by Gasteiger charge is -2.33. The maximum atomic E-state index is 12.1. The summed E-state index contributed by atoms with van der Waals surface area (Å²) in [6, 6.07) is 8.02. The summed E-state index contributed by atoms with van der Waals surface area (Å²) in [7, 11) is 0. The maximum Gasteiger partial charge on any atom is 0.410 e. The summed E-state index contributed by atoms with van der Waals surface area (Å²) in [5.41, 5.74) is 1.60. The summed E-state index contributed by atoms with van der Waals surface area (Å²) in [6.45, 7) is 10.6. The Balaban J connectivity index is 0.000000749. The van der Waals surface area contributed by atoms with Gasteiger partial charge in [0, 0.05) is 31.6 Å². The van der Waals surface area contributed by atoms with Crippen molar-refractivity contribution in [1.29, 1.82) is 0 Å². The Hall–Kier alpha value is -2.08. The van der Waals surface area contributed by atoms with Crippen LogP contribution in [-0.4, -0.2) is 40.8 Å². The molecule has 0 bridgehead atoms. The highest BCUT2D eigenvalue weighted by Crippen LogP contribution is 2.30. The molecule has 1 aliphatic heterocycles. The van der Waals surface area contributed by atoms with E-state index in [-0.39, 0.29) is 17.2 Å². The van der Waals surface area contributed by atoms with Crippen molar-refractivity contribution in [2.24, 2.45) is 0 Å². The second-order valence-electron chi connectivity index (χ2n) is 7.98. The minimum Gasteiger partial charge on any atom is -0.444 e. The van der Waals surface area contributed by atoms with Gasteiger partial charge >= 0.3 is 6.09 Å². The Kier molecular flexibility index (Phi) is 10.2. The number of nitrogens with one attached hydrogen (secondary N) is 1. The molecular formula is C22H33ClN2O4. The zero-order chi connectivity index (χ0) is 22.0. The average Bonchev–Trinajstić information content (AvgIpc) is 2.67. The Morgan fingerprint density at radius 1 is 1.14 bits per heavy atom. The molecule has 7 heteroatoms. The van der Waals surface area contributed by atoms with Gasteiger partial charge in [-0.15, -0.1) is 0 Å². The summed E-state index contributed by atoms with van der Waals surface area (Å²) in [4.78, 5) is 35.0. The van der Waals surface area contributed by atoms with Crippen LogP contribution in [0.15, 0.2) is 24.3 Å². The number of ether oxygens (including phenoxy) is 1. The Labute approximate surface area is 178 Å². The molecule has 2 amide bonds. The number of rotatable bonds is 4. The predicted octanol–water partition coefficient (Wildman–Crippen LogP) is 5.31. The van der Waals surface area contributed by atoms with E-state index < -0.39 is 5.60 Å². The van der Waals surface area contributed by atoms with Gasteiger partial charge in [0.1, 0.15) is 5.60 Å². The first kappa shape index (κ1) is 25.0. The first-order valence-electron chi connectivity index (χ1n) is 10.1. The van der Waals surface area contributed by atoms with Crippen LogP contribution in [0.2, 0.25) is 0 Å². The molecule has 29 heavy (non-hydrogen) atoms. The first-order chi connectivity index (χ1) is 13.6. The van der Waals surface area contributed by atoms with Crippen molar-refractivity contribution < 1.29 is 19.1 Å². The van der Waals surface area contributed by atoms with Crippen LogP contribution in [0.1, 0.15) is 71.8 Å². The average molecular weight is 425 g/mol. The van der Waals surface area contributed by atoms with E-state index in [1.165, 1.54) is 5.56 Å². The van der Waals surface area contributed by atoms with Gasteiger partial charge in [0.15, 0.2) is 0 Å². The van der Waals surface area contributed by atoms with E-state index in [0.29, 0.717) is 31.8 Å². The normalized spacial score (nSPS) is 14.5. The molecule has 1 heterocycles. The molecule has 0 atom stereocenters. The molecule has 0 aromatic heterocycles. The molecule has 0 unspecified atom stereocenters. The number of likely N-dealkylation sites (tertiary alicyclic amines) is 1. The second kappa shape index (κ2) is 11.8. The standard InChI is InChI=1S/C19H28N2O3.C3H5ClO/c1-5-17(22)20-16-8-6-7-15(13-16)14-9-11-21(12-10-14)18(23)24-19(2,3)4;1-2-3(4)5/h6-8,13-14H,5,9-12H2,1-4H3,(H,20,22);2H2,1H3. The minimum atomic E-state index is -0.459. The Morgan fingerprint density at radius 3 is 2.21 bits per heavy atom. The van der Waals surface area contributed by atoms with E-state index in [2.05, 4.69) is 11.4 Å². The van der Waals surface area contributed by atoms with Crippen molar-refractivity contribution in [3.63, 3.8) is 0 Å². The molecule has 1 aliphatic rings. The summed E-state index contributed by atoms with van der Waals surface area (Å²) < 4.78 is 5.43.